The van der Waals surface area contributed by atoms with Crippen molar-refractivity contribution in [1.82, 2.24) is 25.1 Å². The molecular formula is C23H27N7S. The molecule has 4 rings (SSSR count). The molecule has 0 bridgehead atoms. The van der Waals surface area contributed by atoms with Crippen molar-refractivity contribution < 1.29 is 0 Å². The van der Waals surface area contributed by atoms with Crippen molar-refractivity contribution in [1.29, 1.82) is 0 Å². The number of thioether (sulfide) groups is 1. The molecule has 0 fully saturated rings. The molecule has 0 radical (unpaired) electrons. The molecule has 7 nitrogen and oxygen atoms in total. The summed E-state index contributed by atoms with van der Waals surface area (Å²) in [7, 11) is 0. The number of hydrogen-bond donors (Lipinski definition) is 3. The number of hydrogen-bond acceptors (Lipinski definition) is 7. The van der Waals surface area contributed by atoms with Crippen LogP contribution in [0.1, 0.15) is 37.4 Å². The highest BCUT2D eigenvalue weighted by molar-refractivity contribution is 7.99. The fourth-order valence-corrected chi connectivity index (χ4v) is 4.05. The molecular weight excluding hydrogens is 406 g/mol. The molecule has 0 saturated carbocycles. The topological polar surface area (TPSA) is 105 Å². The molecule has 8 heteroatoms. The van der Waals surface area contributed by atoms with Gasteiger partial charge in [-0.15, -0.1) is 0 Å². The molecule has 0 aliphatic carbocycles. The molecule has 160 valence electrons. The second-order valence-electron chi connectivity index (χ2n) is 7.60. The van der Waals surface area contributed by atoms with Crippen molar-refractivity contribution in [2.75, 3.05) is 17.6 Å². The Morgan fingerprint density at radius 2 is 1.90 bits per heavy atom. The number of aromatic amines is 1. The van der Waals surface area contributed by atoms with Crippen LogP contribution >= 0.6 is 11.8 Å². The average Bonchev–Trinajstić information content (AvgIpc) is 3.23. The van der Waals surface area contributed by atoms with Crippen LogP contribution in [-0.2, 0) is 6.54 Å². The molecule has 0 unspecified atom stereocenters. The maximum Gasteiger partial charge on any atom is 0.190 e. The molecule has 0 saturated heterocycles. The molecule has 0 spiro atoms. The van der Waals surface area contributed by atoms with Crippen LogP contribution in [0.4, 0.5) is 5.82 Å². The van der Waals surface area contributed by atoms with E-state index < -0.39 is 0 Å². The van der Waals surface area contributed by atoms with E-state index in [1.54, 1.807) is 11.8 Å². The Kier molecular flexibility index (Phi) is 6.79. The van der Waals surface area contributed by atoms with E-state index in [1.807, 2.05) is 24.4 Å². The van der Waals surface area contributed by atoms with Crippen molar-refractivity contribution in [3.63, 3.8) is 0 Å². The third-order valence-corrected chi connectivity index (χ3v) is 5.87. The van der Waals surface area contributed by atoms with Crippen LogP contribution in [0.3, 0.4) is 0 Å². The summed E-state index contributed by atoms with van der Waals surface area (Å²) in [6.07, 6.45) is 2.74. The van der Waals surface area contributed by atoms with Crippen molar-refractivity contribution in [3.8, 4) is 11.3 Å². The Morgan fingerprint density at radius 1 is 1.06 bits per heavy atom. The third-order valence-electron chi connectivity index (χ3n) is 4.94. The fraction of sp³-hybridized carbons (Fsp3) is 0.304. The van der Waals surface area contributed by atoms with Gasteiger partial charge in [-0.25, -0.2) is 9.97 Å². The van der Waals surface area contributed by atoms with E-state index in [2.05, 4.69) is 58.6 Å². The van der Waals surface area contributed by atoms with Crippen LogP contribution in [0.2, 0.25) is 0 Å². The molecule has 3 heterocycles. The summed E-state index contributed by atoms with van der Waals surface area (Å²) in [6.45, 7) is 5.57. The maximum absolute atomic E-state index is 5.63. The predicted octanol–water partition coefficient (Wildman–Crippen LogP) is 4.59. The highest BCUT2D eigenvalue weighted by Crippen LogP contribution is 2.28. The molecule has 31 heavy (non-hydrogen) atoms. The minimum absolute atomic E-state index is 0.300. The van der Waals surface area contributed by atoms with Crippen molar-refractivity contribution >= 4 is 28.6 Å². The highest BCUT2D eigenvalue weighted by atomic mass is 32.2. The summed E-state index contributed by atoms with van der Waals surface area (Å²) in [4.78, 5) is 13.9. The summed E-state index contributed by atoms with van der Waals surface area (Å²) >= 11 is 1.63. The van der Waals surface area contributed by atoms with Gasteiger partial charge in [-0.3, -0.25) is 10.1 Å². The minimum Gasteiger partial charge on any atom is -0.364 e. The lowest BCUT2D eigenvalue weighted by Crippen LogP contribution is -2.05. The van der Waals surface area contributed by atoms with Gasteiger partial charge in [-0.1, -0.05) is 55.9 Å². The average molecular weight is 434 g/mol. The number of fused-ring (bicyclic) bond motifs is 1. The van der Waals surface area contributed by atoms with E-state index >= 15 is 0 Å². The lowest BCUT2D eigenvalue weighted by molar-refractivity contribution is 0.814. The van der Waals surface area contributed by atoms with E-state index in [1.165, 1.54) is 0 Å². The van der Waals surface area contributed by atoms with Crippen LogP contribution in [0.15, 0.2) is 53.8 Å². The second kappa shape index (κ2) is 9.89. The van der Waals surface area contributed by atoms with Gasteiger partial charge in [0, 0.05) is 24.1 Å². The van der Waals surface area contributed by atoms with Crippen LogP contribution in [0.25, 0.3) is 22.3 Å². The zero-order valence-corrected chi connectivity index (χ0v) is 18.6. The fourth-order valence-electron chi connectivity index (χ4n) is 3.25. The van der Waals surface area contributed by atoms with E-state index in [0.29, 0.717) is 19.0 Å². The monoisotopic (exact) mass is 433 g/mol. The number of nitrogens with two attached hydrogens (primary N) is 1. The number of nitrogens with one attached hydrogen (secondary N) is 2. The van der Waals surface area contributed by atoms with Gasteiger partial charge in [-0.05, 0) is 36.6 Å². The minimum atomic E-state index is 0.300. The first kappa shape index (κ1) is 21.3. The van der Waals surface area contributed by atoms with Gasteiger partial charge >= 0.3 is 0 Å². The first-order valence-electron chi connectivity index (χ1n) is 10.5. The zero-order valence-electron chi connectivity index (χ0n) is 17.8. The largest absolute Gasteiger partial charge is 0.364 e. The van der Waals surface area contributed by atoms with Gasteiger partial charge < -0.3 is 11.1 Å². The lowest BCUT2D eigenvalue weighted by atomic mass is 10.1. The number of aromatic nitrogens is 5. The van der Waals surface area contributed by atoms with E-state index in [0.717, 1.165) is 56.7 Å². The number of pyridine rings is 1. The molecule has 4 aromatic rings. The van der Waals surface area contributed by atoms with Gasteiger partial charge in [0.1, 0.15) is 5.52 Å². The summed E-state index contributed by atoms with van der Waals surface area (Å²) < 4.78 is 0. The van der Waals surface area contributed by atoms with Gasteiger partial charge in [0.15, 0.2) is 16.5 Å². The van der Waals surface area contributed by atoms with Gasteiger partial charge in [0.25, 0.3) is 0 Å². The Hall–Kier alpha value is -2.97. The SMILES string of the molecule is CC(C)c1[nH]nc2c(NCc3ccc(-c4ccccn4)cc3)nc(SCCCN)nc12. The molecule has 3 aromatic heterocycles. The summed E-state index contributed by atoms with van der Waals surface area (Å²) in [5.74, 6) is 1.94. The van der Waals surface area contributed by atoms with Crippen molar-refractivity contribution in [3.05, 3.63) is 59.9 Å². The highest BCUT2D eigenvalue weighted by Gasteiger charge is 2.17. The van der Waals surface area contributed by atoms with E-state index in [4.69, 9.17) is 15.7 Å². The summed E-state index contributed by atoms with van der Waals surface area (Å²) in [6, 6.07) is 14.3. The Morgan fingerprint density at radius 3 is 2.61 bits per heavy atom. The van der Waals surface area contributed by atoms with Gasteiger partial charge in [0.05, 0.1) is 11.4 Å². The van der Waals surface area contributed by atoms with Crippen LogP contribution in [0.5, 0.6) is 0 Å². The van der Waals surface area contributed by atoms with Crippen LogP contribution in [-0.4, -0.2) is 37.4 Å². The molecule has 4 N–H and O–H groups in total. The smallest absolute Gasteiger partial charge is 0.190 e. The van der Waals surface area contributed by atoms with E-state index in [9.17, 15) is 0 Å². The Balaban J connectivity index is 1.55. The normalized spacial score (nSPS) is 11.4. The summed E-state index contributed by atoms with van der Waals surface area (Å²) in [5, 5.41) is 11.8. The Labute approximate surface area is 186 Å². The third kappa shape index (κ3) is 5.03. The molecule has 0 atom stereocenters. The molecule has 0 amide bonds. The van der Waals surface area contributed by atoms with Crippen molar-refractivity contribution in [2.24, 2.45) is 5.73 Å². The molecule has 0 aliphatic heterocycles. The first-order valence-corrected chi connectivity index (χ1v) is 11.5. The van der Waals surface area contributed by atoms with Crippen LogP contribution < -0.4 is 11.1 Å². The number of benzene rings is 1. The van der Waals surface area contributed by atoms with Gasteiger partial charge in [-0.2, -0.15) is 5.10 Å². The quantitative estimate of drug-likeness (QED) is 0.201. The second-order valence-corrected chi connectivity index (χ2v) is 8.66. The standard InChI is InChI=1S/C23H27N7S/c1-15(2)19-20-21(30-29-19)22(28-23(27-20)31-13-5-11-24)26-14-16-7-9-17(10-8-16)18-6-3-4-12-25-18/h3-4,6-10,12,15H,5,11,13-14,24H2,1-2H3,(H,29,30)(H,26,27,28). The lowest BCUT2D eigenvalue weighted by Gasteiger charge is -2.10. The maximum atomic E-state index is 5.63. The Bertz CT molecular complexity index is 1120. The number of H-pyrrole nitrogens is 1. The number of anilines is 1. The van der Waals surface area contributed by atoms with E-state index in [-0.39, 0.29) is 0 Å². The molecule has 0 aliphatic rings. The number of rotatable bonds is 9. The van der Waals surface area contributed by atoms with Crippen molar-refractivity contribution in [2.45, 2.75) is 37.9 Å². The number of nitrogens with zero attached hydrogens (tertiary/aromatic N) is 4. The first-order chi connectivity index (χ1) is 15.2. The summed E-state index contributed by atoms with van der Waals surface area (Å²) in [5.41, 5.74) is 11.5. The predicted molar refractivity (Wildman–Crippen MR) is 127 cm³/mol. The van der Waals surface area contributed by atoms with Crippen LogP contribution in [0, 0.1) is 0 Å². The molecule has 1 aromatic carbocycles. The van der Waals surface area contributed by atoms with Gasteiger partial charge in [0.2, 0.25) is 0 Å². The zero-order chi connectivity index (χ0) is 21.6.